The lowest BCUT2D eigenvalue weighted by molar-refractivity contribution is 0.110. The number of carbonyl (C=O) groups is 1. The van der Waals surface area contributed by atoms with Crippen LogP contribution in [0.15, 0.2) is 5.29 Å². The fourth-order valence-corrected chi connectivity index (χ4v) is 0.638. The van der Waals surface area contributed by atoms with Crippen molar-refractivity contribution in [3.05, 3.63) is 4.91 Å². The predicted octanol–water partition coefficient (Wildman–Crippen LogP) is 1.93. The highest BCUT2D eigenvalue weighted by molar-refractivity contribution is 5.66. The summed E-state index contributed by atoms with van der Waals surface area (Å²) in [5.74, 6) is 0. The lowest BCUT2D eigenvalue weighted by Crippen LogP contribution is -2.21. The Bertz CT molecular complexity index is 150. The monoisotopic (exact) mass is 174 g/mol. The van der Waals surface area contributed by atoms with Gasteiger partial charge in [-0.3, -0.25) is 0 Å². The van der Waals surface area contributed by atoms with E-state index in [-0.39, 0.29) is 0 Å². The van der Waals surface area contributed by atoms with E-state index in [9.17, 15) is 9.70 Å². The second-order valence-corrected chi connectivity index (χ2v) is 2.43. The Morgan fingerprint density at radius 1 is 1.50 bits per heavy atom. The molecule has 1 amide bonds. The molecule has 0 radical (unpaired) electrons. The van der Waals surface area contributed by atoms with Gasteiger partial charge in [0.05, 0.1) is 11.9 Å². The zero-order valence-corrected chi connectivity index (χ0v) is 7.45. The van der Waals surface area contributed by atoms with Gasteiger partial charge in [-0.15, -0.1) is 4.91 Å². The Hall–Kier alpha value is -1.13. The molecule has 0 atom stereocenters. The van der Waals surface area contributed by atoms with E-state index in [0.717, 1.165) is 19.3 Å². The van der Waals surface area contributed by atoms with Crippen molar-refractivity contribution >= 4 is 6.09 Å². The van der Waals surface area contributed by atoms with Gasteiger partial charge < -0.3 is 4.74 Å². The first-order valence-corrected chi connectivity index (χ1v) is 3.96. The third-order valence-electron chi connectivity index (χ3n) is 1.36. The van der Waals surface area contributed by atoms with Gasteiger partial charge in [-0.1, -0.05) is 19.8 Å². The van der Waals surface area contributed by atoms with Gasteiger partial charge in [0, 0.05) is 7.05 Å². The first kappa shape index (κ1) is 10.9. The second-order valence-electron chi connectivity index (χ2n) is 2.43. The van der Waals surface area contributed by atoms with Gasteiger partial charge in [-0.25, -0.2) is 4.79 Å². The number of hydrogen-bond donors (Lipinski definition) is 0. The van der Waals surface area contributed by atoms with Gasteiger partial charge in [0.2, 0.25) is 0 Å². The minimum absolute atomic E-state index is 0.354. The average molecular weight is 174 g/mol. The molecule has 0 aliphatic heterocycles. The second kappa shape index (κ2) is 6.57. The van der Waals surface area contributed by atoms with Crippen LogP contribution in [0.5, 0.6) is 0 Å². The molecule has 70 valence electrons. The quantitative estimate of drug-likeness (QED) is 0.363. The number of unbranched alkanes of at least 4 members (excludes halogenated alkanes) is 2. The van der Waals surface area contributed by atoms with E-state index in [1.807, 2.05) is 0 Å². The normalized spacial score (nSPS) is 9.17. The summed E-state index contributed by atoms with van der Waals surface area (Å²) in [7, 11) is 1.26. The summed E-state index contributed by atoms with van der Waals surface area (Å²) in [6, 6.07) is 0. The molecule has 12 heavy (non-hydrogen) atoms. The lowest BCUT2D eigenvalue weighted by atomic mass is 10.3. The molecule has 0 rings (SSSR count). The van der Waals surface area contributed by atoms with Crippen LogP contribution >= 0.6 is 0 Å². The maximum Gasteiger partial charge on any atom is 0.432 e. The number of rotatable bonds is 5. The number of carbonyl (C=O) groups excluding carboxylic acids is 1. The molecule has 0 saturated heterocycles. The van der Waals surface area contributed by atoms with Gasteiger partial charge in [0.25, 0.3) is 0 Å². The van der Waals surface area contributed by atoms with Crippen molar-refractivity contribution in [2.24, 2.45) is 5.29 Å². The third-order valence-corrected chi connectivity index (χ3v) is 1.36. The molecule has 0 unspecified atom stereocenters. The highest BCUT2D eigenvalue weighted by atomic mass is 16.6. The minimum atomic E-state index is -0.693. The van der Waals surface area contributed by atoms with Crippen LogP contribution in [-0.4, -0.2) is 24.8 Å². The average Bonchev–Trinajstić information content (AvgIpc) is 2.10. The maximum absolute atomic E-state index is 10.7. The molecule has 0 aliphatic carbocycles. The predicted molar refractivity (Wildman–Crippen MR) is 44.4 cm³/mol. The van der Waals surface area contributed by atoms with Crippen molar-refractivity contribution in [1.82, 2.24) is 5.01 Å². The summed E-state index contributed by atoms with van der Waals surface area (Å²) in [5.41, 5.74) is 0. The minimum Gasteiger partial charge on any atom is -0.448 e. The Morgan fingerprint density at radius 3 is 2.67 bits per heavy atom. The molecule has 0 heterocycles. The highest BCUT2D eigenvalue weighted by Crippen LogP contribution is 1.96. The summed E-state index contributed by atoms with van der Waals surface area (Å²) in [4.78, 5) is 20.6. The Kier molecular flexibility index (Phi) is 5.95. The van der Waals surface area contributed by atoms with Crippen LogP contribution < -0.4 is 0 Å². The molecule has 5 heteroatoms. The van der Waals surface area contributed by atoms with E-state index in [2.05, 4.69) is 16.9 Å². The first-order chi connectivity index (χ1) is 5.72. The smallest absolute Gasteiger partial charge is 0.432 e. The number of hydrogen-bond acceptors (Lipinski definition) is 4. The fourth-order valence-electron chi connectivity index (χ4n) is 0.638. The lowest BCUT2D eigenvalue weighted by Gasteiger charge is -2.07. The first-order valence-electron chi connectivity index (χ1n) is 3.96. The molecule has 5 nitrogen and oxygen atoms in total. The maximum atomic E-state index is 10.7. The van der Waals surface area contributed by atoms with E-state index in [4.69, 9.17) is 0 Å². The standard InChI is InChI=1S/C7H14N2O3/c1-3-4-5-6-12-7(10)9(2)8-11/h3-6H2,1-2H3. The van der Waals surface area contributed by atoms with Crippen LogP contribution in [0.4, 0.5) is 4.79 Å². The summed E-state index contributed by atoms with van der Waals surface area (Å²) in [5, 5.41) is 3.03. The van der Waals surface area contributed by atoms with Crippen LogP contribution in [0.2, 0.25) is 0 Å². The molecule has 0 N–H and O–H groups in total. The van der Waals surface area contributed by atoms with Crippen LogP contribution in [0, 0.1) is 4.91 Å². The van der Waals surface area contributed by atoms with Crippen molar-refractivity contribution in [2.45, 2.75) is 26.2 Å². The fraction of sp³-hybridized carbons (Fsp3) is 0.857. The van der Waals surface area contributed by atoms with Crippen LogP contribution in [0.3, 0.4) is 0 Å². The van der Waals surface area contributed by atoms with Gasteiger partial charge in [-0.05, 0) is 6.42 Å². The molecule has 0 spiro atoms. The zero-order chi connectivity index (χ0) is 9.40. The number of nitroso groups, excluding NO2 is 1. The zero-order valence-electron chi connectivity index (χ0n) is 7.45. The summed E-state index contributed by atoms with van der Waals surface area (Å²) in [6.45, 7) is 2.41. The Labute approximate surface area is 71.6 Å². The molecule has 0 bridgehead atoms. The van der Waals surface area contributed by atoms with E-state index in [0.29, 0.717) is 11.6 Å². The van der Waals surface area contributed by atoms with Gasteiger partial charge in [0.15, 0.2) is 0 Å². The number of nitrogens with zero attached hydrogens (tertiary/aromatic N) is 2. The molecule has 0 fully saturated rings. The van der Waals surface area contributed by atoms with E-state index in [1.54, 1.807) is 0 Å². The molecule has 0 saturated carbocycles. The van der Waals surface area contributed by atoms with E-state index >= 15 is 0 Å². The van der Waals surface area contributed by atoms with Gasteiger partial charge in [0.1, 0.15) is 0 Å². The summed E-state index contributed by atoms with van der Waals surface area (Å²) in [6.07, 6.45) is 2.22. The largest absolute Gasteiger partial charge is 0.448 e. The molecular formula is C7H14N2O3. The highest BCUT2D eigenvalue weighted by Gasteiger charge is 2.08. The summed E-state index contributed by atoms with van der Waals surface area (Å²) < 4.78 is 4.69. The van der Waals surface area contributed by atoms with Gasteiger partial charge in [-0.2, -0.15) is 5.01 Å². The molecule has 0 aromatic carbocycles. The molecule has 0 aromatic heterocycles. The topological polar surface area (TPSA) is 59.0 Å². The van der Waals surface area contributed by atoms with Crippen LogP contribution in [-0.2, 0) is 4.74 Å². The molecular weight excluding hydrogens is 160 g/mol. The summed E-state index contributed by atoms with van der Waals surface area (Å²) >= 11 is 0. The van der Waals surface area contributed by atoms with E-state index in [1.165, 1.54) is 7.05 Å². The van der Waals surface area contributed by atoms with Crippen molar-refractivity contribution in [2.75, 3.05) is 13.7 Å². The van der Waals surface area contributed by atoms with Gasteiger partial charge >= 0.3 is 6.09 Å². The van der Waals surface area contributed by atoms with E-state index < -0.39 is 6.09 Å². The molecule has 0 aromatic rings. The van der Waals surface area contributed by atoms with Crippen molar-refractivity contribution in [3.8, 4) is 0 Å². The van der Waals surface area contributed by atoms with Crippen molar-refractivity contribution in [1.29, 1.82) is 0 Å². The molecule has 0 aliphatic rings. The van der Waals surface area contributed by atoms with Crippen LogP contribution in [0.25, 0.3) is 0 Å². The number of amides is 1. The Balaban J connectivity index is 3.37. The van der Waals surface area contributed by atoms with Crippen molar-refractivity contribution < 1.29 is 9.53 Å². The SMILES string of the molecule is CCCCCOC(=O)N(C)N=O. The third kappa shape index (κ3) is 4.65. The number of ether oxygens (including phenoxy) is 1. The van der Waals surface area contributed by atoms with Crippen molar-refractivity contribution in [3.63, 3.8) is 0 Å². The Morgan fingerprint density at radius 2 is 2.17 bits per heavy atom. The van der Waals surface area contributed by atoms with Crippen LogP contribution in [0.1, 0.15) is 26.2 Å².